The smallest absolute Gasteiger partial charge is 0.341 e. The minimum atomic E-state index is -1.05. The van der Waals surface area contributed by atoms with Gasteiger partial charge in [0.1, 0.15) is 5.75 Å². The van der Waals surface area contributed by atoms with Gasteiger partial charge in [-0.2, -0.15) is 0 Å². The Kier molecular flexibility index (Phi) is 14.3. The summed E-state index contributed by atoms with van der Waals surface area (Å²) in [5, 5.41) is 14.6. The summed E-state index contributed by atoms with van der Waals surface area (Å²) in [7, 11) is 7.50. The van der Waals surface area contributed by atoms with Crippen molar-refractivity contribution < 1.29 is 14.6 Å². The molecule has 0 fully saturated rings. The highest BCUT2D eigenvalue weighted by atomic mass is 35.5. The number of halogens is 2. The maximum Gasteiger partial charge on any atom is 0.341 e. The van der Waals surface area contributed by atoms with Gasteiger partial charge >= 0.3 is 5.97 Å². The average molecular weight is 311 g/mol. The first-order valence-electron chi connectivity index (χ1n) is 5.39. The van der Waals surface area contributed by atoms with Crippen molar-refractivity contribution in [3.05, 3.63) is 28.2 Å². The van der Waals surface area contributed by atoms with E-state index in [0.29, 0.717) is 15.8 Å². The molecule has 0 aromatic heterocycles. The molecule has 0 atom stereocenters. The van der Waals surface area contributed by atoms with Crippen molar-refractivity contribution in [1.29, 1.82) is 0 Å². The fraction of sp³-hybridized carbons (Fsp3) is 0.417. The van der Waals surface area contributed by atoms with Crippen LogP contribution in [0.1, 0.15) is 0 Å². The second-order valence-corrected chi connectivity index (χ2v) is 4.10. The molecule has 1 aromatic rings. The van der Waals surface area contributed by atoms with E-state index in [1.165, 1.54) is 12.1 Å². The lowest BCUT2D eigenvalue weighted by Gasteiger charge is -2.04. The first kappa shape index (κ1) is 20.3. The van der Waals surface area contributed by atoms with Gasteiger partial charge in [-0.1, -0.05) is 23.2 Å². The molecule has 0 aliphatic heterocycles. The molecule has 0 spiro atoms. The molecule has 0 amide bonds. The number of nitrogens with one attached hydrogen (secondary N) is 2. The third-order valence-corrected chi connectivity index (χ3v) is 1.78. The number of hydrogen-bond acceptors (Lipinski definition) is 4. The quantitative estimate of drug-likeness (QED) is 0.798. The van der Waals surface area contributed by atoms with Crippen molar-refractivity contribution in [3.63, 3.8) is 0 Å². The Hall–Kier alpha value is -1.01. The minimum absolute atomic E-state index is 0.300. The SMILES string of the molecule is CNC.CNC.O=C(O)COc1ccc(Cl)cc1Cl. The molecule has 0 saturated carbocycles. The van der Waals surface area contributed by atoms with Gasteiger partial charge in [0, 0.05) is 5.02 Å². The van der Waals surface area contributed by atoms with Crippen LogP contribution < -0.4 is 15.4 Å². The summed E-state index contributed by atoms with van der Waals surface area (Å²) >= 11 is 11.3. The highest BCUT2D eigenvalue weighted by Crippen LogP contribution is 2.27. The Morgan fingerprint density at radius 1 is 1.21 bits per heavy atom. The first-order chi connectivity index (χ1) is 8.92. The maximum absolute atomic E-state index is 10.2. The van der Waals surface area contributed by atoms with Crippen LogP contribution in [-0.2, 0) is 4.79 Å². The van der Waals surface area contributed by atoms with Gasteiger partial charge in [-0.05, 0) is 46.4 Å². The molecule has 1 aromatic carbocycles. The molecule has 0 aliphatic carbocycles. The van der Waals surface area contributed by atoms with E-state index in [-0.39, 0.29) is 0 Å². The van der Waals surface area contributed by atoms with E-state index < -0.39 is 12.6 Å². The lowest BCUT2D eigenvalue weighted by molar-refractivity contribution is -0.139. The highest BCUT2D eigenvalue weighted by molar-refractivity contribution is 6.35. The zero-order chi connectivity index (χ0) is 15.3. The average Bonchev–Trinajstić information content (AvgIpc) is 2.29. The number of carboxylic acids is 1. The van der Waals surface area contributed by atoms with Crippen molar-refractivity contribution in [2.45, 2.75) is 0 Å². The van der Waals surface area contributed by atoms with Crippen molar-refractivity contribution in [2.24, 2.45) is 0 Å². The maximum atomic E-state index is 10.2. The Labute approximate surface area is 123 Å². The van der Waals surface area contributed by atoms with Crippen LogP contribution >= 0.6 is 23.2 Å². The van der Waals surface area contributed by atoms with Gasteiger partial charge in [0.15, 0.2) is 6.61 Å². The summed E-state index contributed by atoms with van der Waals surface area (Å²) in [5.41, 5.74) is 0. The van der Waals surface area contributed by atoms with E-state index in [9.17, 15) is 4.79 Å². The molecule has 110 valence electrons. The van der Waals surface area contributed by atoms with E-state index in [1.54, 1.807) is 6.07 Å². The van der Waals surface area contributed by atoms with Gasteiger partial charge in [0.2, 0.25) is 0 Å². The predicted octanol–water partition coefficient (Wildman–Crippen LogP) is 2.13. The van der Waals surface area contributed by atoms with Gasteiger partial charge < -0.3 is 20.5 Å². The lowest BCUT2D eigenvalue weighted by Crippen LogP contribution is -2.09. The van der Waals surface area contributed by atoms with Crippen molar-refractivity contribution >= 4 is 29.2 Å². The van der Waals surface area contributed by atoms with E-state index in [0.717, 1.165) is 0 Å². The molecular formula is C12H20Cl2N2O3. The zero-order valence-corrected chi connectivity index (χ0v) is 13.0. The third-order valence-electron chi connectivity index (χ3n) is 1.25. The summed E-state index contributed by atoms with van der Waals surface area (Å²) < 4.78 is 4.86. The molecule has 7 heteroatoms. The van der Waals surface area contributed by atoms with Crippen LogP contribution in [0, 0.1) is 0 Å². The van der Waals surface area contributed by atoms with Crippen molar-refractivity contribution in [3.8, 4) is 5.75 Å². The van der Waals surface area contributed by atoms with Gasteiger partial charge in [-0.15, -0.1) is 0 Å². The van der Waals surface area contributed by atoms with Crippen LogP contribution in [0.15, 0.2) is 18.2 Å². The molecule has 0 saturated heterocycles. The second-order valence-electron chi connectivity index (χ2n) is 3.26. The second kappa shape index (κ2) is 13.4. The van der Waals surface area contributed by atoms with Crippen LogP contribution in [0.3, 0.4) is 0 Å². The molecular weight excluding hydrogens is 291 g/mol. The molecule has 5 nitrogen and oxygen atoms in total. The number of carboxylic acid groups (broad SMARTS) is 1. The monoisotopic (exact) mass is 310 g/mol. The van der Waals surface area contributed by atoms with Crippen LogP contribution in [-0.4, -0.2) is 45.9 Å². The van der Waals surface area contributed by atoms with Gasteiger partial charge in [-0.3, -0.25) is 0 Å². The molecule has 1 rings (SSSR count). The summed E-state index contributed by atoms with van der Waals surface area (Å²) in [6.45, 7) is -0.415. The topological polar surface area (TPSA) is 70.6 Å². The van der Waals surface area contributed by atoms with Gasteiger partial charge in [0.05, 0.1) is 5.02 Å². The third kappa shape index (κ3) is 13.2. The first-order valence-corrected chi connectivity index (χ1v) is 6.15. The fourth-order valence-corrected chi connectivity index (χ4v) is 1.19. The van der Waals surface area contributed by atoms with Crippen LogP contribution in [0.4, 0.5) is 0 Å². The number of hydrogen-bond donors (Lipinski definition) is 3. The summed E-state index contributed by atoms with van der Waals surface area (Å²) in [4.78, 5) is 10.2. The van der Waals surface area contributed by atoms with E-state index >= 15 is 0 Å². The standard InChI is InChI=1S/C8H6Cl2O3.2C2H7N/c9-5-1-2-7(6(10)3-5)13-4-8(11)12;2*1-3-2/h1-3H,4H2,(H,11,12);2*3H,1-2H3. The van der Waals surface area contributed by atoms with Crippen molar-refractivity contribution in [2.75, 3.05) is 34.8 Å². The number of carbonyl (C=O) groups is 1. The van der Waals surface area contributed by atoms with E-state index in [4.69, 9.17) is 33.0 Å². The van der Waals surface area contributed by atoms with E-state index in [1.807, 2.05) is 28.2 Å². The molecule has 19 heavy (non-hydrogen) atoms. The molecule has 0 aliphatic rings. The van der Waals surface area contributed by atoms with Crippen molar-refractivity contribution in [1.82, 2.24) is 10.6 Å². The van der Waals surface area contributed by atoms with Crippen LogP contribution in [0.5, 0.6) is 5.75 Å². The molecule has 0 unspecified atom stereocenters. The van der Waals surface area contributed by atoms with Crippen LogP contribution in [0.2, 0.25) is 10.0 Å². The summed E-state index contributed by atoms with van der Waals surface area (Å²) in [5.74, 6) is -0.737. The Bertz CT molecular complexity index is 361. The minimum Gasteiger partial charge on any atom is -0.480 e. The number of rotatable bonds is 3. The largest absolute Gasteiger partial charge is 0.480 e. The molecule has 0 heterocycles. The van der Waals surface area contributed by atoms with Gasteiger partial charge in [-0.25, -0.2) is 4.79 Å². The number of benzene rings is 1. The zero-order valence-electron chi connectivity index (χ0n) is 11.5. The van der Waals surface area contributed by atoms with Gasteiger partial charge in [0.25, 0.3) is 0 Å². The highest BCUT2D eigenvalue weighted by Gasteiger charge is 2.04. The number of ether oxygens (including phenoxy) is 1. The van der Waals surface area contributed by atoms with E-state index in [2.05, 4.69) is 10.6 Å². The summed E-state index contributed by atoms with van der Waals surface area (Å²) in [6, 6.07) is 4.58. The fourth-order valence-electron chi connectivity index (χ4n) is 0.732. The summed E-state index contributed by atoms with van der Waals surface area (Å²) in [6.07, 6.45) is 0. The normalized spacial score (nSPS) is 8.53. The molecule has 0 radical (unpaired) electrons. The Balaban J connectivity index is 0. The predicted molar refractivity (Wildman–Crippen MR) is 79.6 cm³/mol. The lowest BCUT2D eigenvalue weighted by atomic mass is 10.3. The number of aliphatic carboxylic acids is 1. The molecule has 0 bridgehead atoms. The Morgan fingerprint density at radius 3 is 2.05 bits per heavy atom. The Morgan fingerprint density at radius 2 is 1.68 bits per heavy atom. The molecule has 3 N–H and O–H groups in total. The van der Waals surface area contributed by atoms with Crippen LogP contribution in [0.25, 0.3) is 0 Å².